The van der Waals surface area contributed by atoms with Crippen molar-refractivity contribution >= 4 is 15.9 Å². The number of rotatable bonds is 7. The summed E-state index contributed by atoms with van der Waals surface area (Å²) in [4.78, 5) is 20.0. The molecule has 7 nitrogen and oxygen atoms in total. The van der Waals surface area contributed by atoms with E-state index in [2.05, 4.69) is 58.3 Å². The SMILES string of the molecule is CS(=O)(=O)N1CCN(Cc2ccc(C(=O)N3CCN(C(c4ccccc4)c4ccccc4)CC3)cc2)CC1. The second-order valence-corrected chi connectivity index (χ2v) is 12.2. The number of sulfonamides is 1. The summed E-state index contributed by atoms with van der Waals surface area (Å²) in [6.45, 7) is 6.26. The standard InChI is InChI=1S/C30H36N4O3S/c1-38(36,37)34-22-16-31(17-23-34)24-25-12-14-28(15-13-25)30(35)33-20-18-32(19-21-33)29(26-8-4-2-5-9-26)27-10-6-3-7-11-27/h2-15,29H,16-24H2,1H3. The van der Waals surface area contributed by atoms with Crippen LogP contribution in [0.5, 0.6) is 0 Å². The summed E-state index contributed by atoms with van der Waals surface area (Å²) in [6.07, 6.45) is 1.27. The summed E-state index contributed by atoms with van der Waals surface area (Å²) in [5, 5.41) is 0. The summed E-state index contributed by atoms with van der Waals surface area (Å²) in [6, 6.07) is 29.2. The minimum atomic E-state index is -3.12. The third-order valence-electron chi connectivity index (χ3n) is 7.60. The number of benzene rings is 3. The molecule has 3 aromatic rings. The third-order valence-corrected chi connectivity index (χ3v) is 8.91. The van der Waals surface area contributed by atoms with Gasteiger partial charge in [-0.25, -0.2) is 8.42 Å². The van der Waals surface area contributed by atoms with Crippen molar-refractivity contribution in [1.29, 1.82) is 0 Å². The van der Waals surface area contributed by atoms with Crippen LogP contribution in [0.25, 0.3) is 0 Å². The Labute approximate surface area is 226 Å². The van der Waals surface area contributed by atoms with Gasteiger partial charge in [0, 0.05) is 64.5 Å². The zero-order chi connectivity index (χ0) is 26.5. The summed E-state index contributed by atoms with van der Waals surface area (Å²) in [5.41, 5.74) is 4.39. The molecule has 2 aliphatic heterocycles. The molecule has 2 saturated heterocycles. The van der Waals surface area contributed by atoms with Gasteiger partial charge < -0.3 is 4.90 Å². The van der Waals surface area contributed by atoms with Gasteiger partial charge in [-0.2, -0.15) is 4.31 Å². The molecule has 0 unspecified atom stereocenters. The van der Waals surface area contributed by atoms with Crippen LogP contribution in [0.15, 0.2) is 84.9 Å². The maximum Gasteiger partial charge on any atom is 0.253 e. The van der Waals surface area contributed by atoms with Crippen LogP contribution in [0.4, 0.5) is 0 Å². The molecule has 0 aromatic heterocycles. The molecule has 8 heteroatoms. The van der Waals surface area contributed by atoms with Crippen LogP contribution in [0.1, 0.15) is 33.1 Å². The summed E-state index contributed by atoms with van der Waals surface area (Å²) >= 11 is 0. The van der Waals surface area contributed by atoms with Crippen molar-refractivity contribution in [3.63, 3.8) is 0 Å². The Kier molecular flexibility index (Phi) is 8.24. The fourth-order valence-electron chi connectivity index (χ4n) is 5.48. The van der Waals surface area contributed by atoms with Crippen molar-refractivity contribution in [2.75, 3.05) is 58.6 Å². The van der Waals surface area contributed by atoms with Crippen LogP contribution >= 0.6 is 0 Å². The number of carbonyl (C=O) groups is 1. The van der Waals surface area contributed by atoms with Gasteiger partial charge in [0.25, 0.3) is 5.91 Å². The van der Waals surface area contributed by atoms with Gasteiger partial charge in [-0.1, -0.05) is 72.8 Å². The van der Waals surface area contributed by atoms with Crippen LogP contribution in [-0.2, 0) is 16.6 Å². The van der Waals surface area contributed by atoms with Crippen molar-refractivity contribution in [2.45, 2.75) is 12.6 Å². The van der Waals surface area contributed by atoms with Gasteiger partial charge >= 0.3 is 0 Å². The molecule has 2 heterocycles. The van der Waals surface area contributed by atoms with E-state index in [1.54, 1.807) is 0 Å². The lowest BCUT2D eigenvalue weighted by Gasteiger charge is -2.39. The molecule has 0 saturated carbocycles. The highest BCUT2D eigenvalue weighted by atomic mass is 32.2. The van der Waals surface area contributed by atoms with E-state index < -0.39 is 10.0 Å². The molecular formula is C30H36N4O3S. The summed E-state index contributed by atoms with van der Waals surface area (Å²) < 4.78 is 25.0. The first-order valence-corrected chi connectivity index (χ1v) is 15.1. The van der Waals surface area contributed by atoms with Crippen LogP contribution in [0.2, 0.25) is 0 Å². The Morgan fingerprint density at radius 3 is 1.74 bits per heavy atom. The zero-order valence-corrected chi connectivity index (χ0v) is 22.8. The third kappa shape index (κ3) is 6.32. The van der Waals surface area contributed by atoms with E-state index in [1.165, 1.54) is 21.7 Å². The van der Waals surface area contributed by atoms with E-state index in [0.717, 1.165) is 25.2 Å². The Morgan fingerprint density at radius 1 is 0.711 bits per heavy atom. The number of nitrogens with zero attached hydrogens (tertiary/aromatic N) is 4. The smallest absolute Gasteiger partial charge is 0.253 e. The first kappa shape index (κ1) is 26.6. The number of piperazine rings is 2. The molecular weight excluding hydrogens is 496 g/mol. The highest BCUT2D eigenvalue weighted by Crippen LogP contribution is 2.29. The van der Waals surface area contributed by atoms with Crippen molar-refractivity contribution < 1.29 is 13.2 Å². The first-order chi connectivity index (χ1) is 18.4. The van der Waals surface area contributed by atoms with Crippen LogP contribution in [0, 0.1) is 0 Å². The lowest BCUT2D eigenvalue weighted by Crippen LogP contribution is -2.49. The lowest BCUT2D eigenvalue weighted by molar-refractivity contribution is 0.0597. The molecule has 200 valence electrons. The van der Waals surface area contributed by atoms with E-state index in [0.29, 0.717) is 44.8 Å². The molecule has 3 aromatic carbocycles. The fourth-order valence-corrected chi connectivity index (χ4v) is 6.31. The number of amides is 1. The fraction of sp³-hybridized carbons (Fsp3) is 0.367. The average molecular weight is 533 g/mol. The van der Waals surface area contributed by atoms with Crippen molar-refractivity contribution in [2.24, 2.45) is 0 Å². The van der Waals surface area contributed by atoms with Gasteiger partial charge in [0.2, 0.25) is 10.0 Å². The second kappa shape index (κ2) is 11.8. The molecule has 0 spiro atoms. The van der Waals surface area contributed by atoms with Gasteiger partial charge in [0.05, 0.1) is 12.3 Å². The minimum absolute atomic E-state index is 0.0777. The Balaban J connectivity index is 1.17. The second-order valence-electron chi connectivity index (χ2n) is 10.2. The molecule has 2 aliphatic rings. The normalized spacial score (nSPS) is 18.1. The topological polar surface area (TPSA) is 64.2 Å². The van der Waals surface area contributed by atoms with Gasteiger partial charge in [-0.05, 0) is 28.8 Å². The average Bonchev–Trinajstić information content (AvgIpc) is 2.95. The van der Waals surface area contributed by atoms with E-state index in [1.807, 2.05) is 41.3 Å². The van der Waals surface area contributed by atoms with Crippen molar-refractivity contribution in [3.8, 4) is 0 Å². The highest BCUT2D eigenvalue weighted by Gasteiger charge is 2.29. The van der Waals surface area contributed by atoms with Crippen molar-refractivity contribution in [1.82, 2.24) is 19.0 Å². The molecule has 0 bridgehead atoms. The predicted molar refractivity (Wildman–Crippen MR) is 150 cm³/mol. The maximum absolute atomic E-state index is 13.3. The minimum Gasteiger partial charge on any atom is -0.336 e. The molecule has 2 fully saturated rings. The van der Waals surface area contributed by atoms with E-state index in [4.69, 9.17) is 0 Å². The quantitative estimate of drug-likeness (QED) is 0.467. The molecule has 5 rings (SSSR count). The molecule has 0 atom stereocenters. The van der Waals surface area contributed by atoms with Crippen LogP contribution < -0.4 is 0 Å². The van der Waals surface area contributed by atoms with Gasteiger partial charge in [0.15, 0.2) is 0 Å². The van der Waals surface area contributed by atoms with Crippen LogP contribution in [0.3, 0.4) is 0 Å². The van der Waals surface area contributed by atoms with Gasteiger partial charge in [-0.3, -0.25) is 14.6 Å². The molecule has 0 radical (unpaired) electrons. The molecule has 0 N–H and O–H groups in total. The van der Waals surface area contributed by atoms with E-state index in [-0.39, 0.29) is 11.9 Å². The van der Waals surface area contributed by atoms with E-state index >= 15 is 0 Å². The summed E-state index contributed by atoms with van der Waals surface area (Å²) in [5.74, 6) is 0.0777. The number of hydrogen-bond donors (Lipinski definition) is 0. The van der Waals surface area contributed by atoms with Gasteiger partial charge in [0.1, 0.15) is 0 Å². The molecule has 1 amide bonds. The van der Waals surface area contributed by atoms with E-state index in [9.17, 15) is 13.2 Å². The van der Waals surface area contributed by atoms with Gasteiger partial charge in [-0.15, -0.1) is 0 Å². The Hall–Kier alpha value is -3.04. The van der Waals surface area contributed by atoms with Crippen molar-refractivity contribution in [3.05, 3.63) is 107 Å². The molecule has 0 aliphatic carbocycles. The first-order valence-electron chi connectivity index (χ1n) is 13.3. The Morgan fingerprint density at radius 2 is 1.24 bits per heavy atom. The summed E-state index contributed by atoms with van der Waals surface area (Å²) in [7, 11) is -3.12. The number of hydrogen-bond acceptors (Lipinski definition) is 5. The largest absolute Gasteiger partial charge is 0.336 e. The maximum atomic E-state index is 13.3. The highest BCUT2D eigenvalue weighted by molar-refractivity contribution is 7.88. The molecule has 38 heavy (non-hydrogen) atoms. The Bertz CT molecular complexity index is 1260. The zero-order valence-electron chi connectivity index (χ0n) is 21.9. The van der Waals surface area contributed by atoms with Crippen LogP contribution in [-0.4, -0.2) is 91.9 Å². The predicted octanol–water partition coefficient (Wildman–Crippen LogP) is 3.31. The lowest BCUT2D eigenvalue weighted by atomic mass is 9.96. The number of carbonyl (C=O) groups excluding carboxylic acids is 1. The monoisotopic (exact) mass is 532 g/mol.